The maximum atomic E-state index is 13.2. The van der Waals surface area contributed by atoms with Crippen molar-refractivity contribution in [3.8, 4) is 5.75 Å². The number of carbonyl (C=O) groups excluding carboxylic acids is 3. The third-order valence-electron chi connectivity index (χ3n) is 4.94. The van der Waals surface area contributed by atoms with Crippen LogP contribution in [0.3, 0.4) is 0 Å². The van der Waals surface area contributed by atoms with Gasteiger partial charge in [0, 0.05) is 7.05 Å². The number of para-hydroxylation sites is 1. The molecule has 3 rings (SSSR count). The Hall–Kier alpha value is -3.13. The molecule has 0 aliphatic carbocycles. The summed E-state index contributed by atoms with van der Waals surface area (Å²) in [5, 5.41) is 3.05. The Morgan fingerprint density at radius 1 is 1.20 bits per heavy atom. The van der Waals surface area contributed by atoms with Gasteiger partial charge in [-0.1, -0.05) is 35.9 Å². The number of rotatable bonds is 7. The molecular formula is C21H21ClFN3O4. The normalized spacial score (nSPS) is 18.3. The van der Waals surface area contributed by atoms with E-state index < -0.39 is 35.7 Å². The zero-order valence-corrected chi connectivity index (χ0v) is 17.3. The van der Waals surface area contributed by atoms with E-state index in [0.717, 1.165) is 4.90 Å². The maximum Gasteiger partial charge on any atom is 0.325 e. The van der Waals surface area contributed by atoms with Gasteiger partial charge in [0.15, 0.2) is 0 Å². The summed E-state index contributed by atoms with van der Waals surface area (Å²) in [4.78, 5) is 39.9. The van der Waals surface area contributed by atoms with Crippen molar-refractivity contribution in [1.29, 1.82) is 0 Å². The van der Waals surface area contributed by atoms with Gasteiger partial charge in [0.05, 0.1) is 11.6 Å². The van der Waals surface area contributed by atoms with Crippen LogP contribution in [0.2, 0.25) is 5.02 Å². The highest BCUT2D eigenvalue weighted by Crippen LogP contribution is 2.29. The van der Waals surface area contributed by atoms with Crippen molar-refractivity contribution in [2.24, 2.45) is 0 Å². The zero-order chi connectivity index (χ0) is 21.9. The van der Waals surface area contributed by atoms with E-state index >= 15 is 0 Å². The summed E-state index contributed by atoms with van der Waals surface area (Å²) in [7, 11) is 1.55. The number of halogens is 2. The van der Waals surface area contributed by atoms with Gasteiger partial charge in [-0.25, -0.2) is 9.18 Å². The van der Waals surface area contributed by atoms with Crippen molar-refractivity contribution >= 4 is 29.4 Å². The smallest absolute Gasteiger partial charge is 0.325 e. The molecule has 0 radical (unpaired) electrons. The van der Waals surface area contributed by atoms with Crippen molar-refractivity contribution in [2.45, 2.75) is 12.5 Å². The first kappa shape index (κ1) is 21.6. The standard InChI is InChI=1S/C21H21ClFN3O4/c1-21(14-7-9-15(23)10-8-14)19(28)26(20(29)24-21)13-18(27)25(2)11-12-30-17-6-4-3-5-16(17)22/h3-10H,11-13H2,1-2H3,(H,24,29). The lowest BCUT2D eigenvalue weighted by Gasteiger charge is -2.23. The molecule has 2 aromatic carbocycles. The molecule has 7 nitrogen and oxygen atoms in total. The number of amides is 4. The number of carbonyl (C=O) groups is 3. The maximum absolute atomic E-state index is 13.2. The molecule has 0 spiro atoms. The largest absolute Gasteiger partial charge is 0.490 e. The van der Waals surface area contributed by atoms with Crippen LogP contribution in [0.5, 0.6) is 5.75 Å². The lowest BCUT2D eigenvalue weighted by Crippen LogP contribution is -2.44. The second kappa shape index (κ2) is 8.71. The first-order valence-electron chi connectivity index (χ1n) is 9.24. The minimum Gasteiger partial charge on any atom is -0.490 e. The summed E-state index contributed by atoms with van der Waals surface area (Å²) in [6.07, 6.45) is 0. The zero-order valence-electron chi connectivity index (χ0n) is 16.5. The summed E-state index contributed by atoms with van der Waals surface area (Å²) < 4.78 is 18.7. The van der Waals surface area contributed by atoms with Crippen LogP contribution in [0.4, 0.5) is 9.18 Å². The second-order valence-electron chi connectivity index (χ2n) is 7.05. The van der Waals surface area contributed by atoms with Gasteiger partial charge in [0.2, 0.25) is 5.91 Å². The molecule has 1 fully saturated rings. The van der Waals surface area contributed by atoms with Crippen LogP contribution >= 0.6 is 11.6 Å². The first-order valence-corrected chi connectivity index (χ1v) is 9.61. The molecular weight excluding hydrogens is 413 g/mol. The topological polar surface area (TPSA) is 79.0 Å². The van der Waals surface area contributed by atoms with Crippen molar-refractivity contribution < 1.29 is 23.5 Å². The summed E-state index contributed by atoms with van der Waals surface area (Å²) in [6, 6.07) is 11.6. The molecule has 1 aliphatic rings. The van der Waals surface area contributed by atoms with Crippen LogP contribution < -0.4 is 10.1 Å². The van der Waals surface area contributed by atoms with E-state index in [1.165, 1.54) is 36.1 Å². The minimum absolute atomic E-state index is 0.194. The number of hydrogen-bond donors (Lipinski definition) is 1. The fourth-order valence-electron chi connectivity index (χ4n) is 3.05. The van der Waals surface area contributed by atoms with Crippen LogP contribution in [0.1, 0.15) is 12.5 Å². The first-order chi connectivity index (χ1) is 14.2. The fraction of sp³-hybridized carbons (Fsp3) is 0.286. The number of ether oxygens (including phenoxy) is 1. The quantitative estimate of drug-likeness (QED) is 0.681. The number of benzene rings is 2. The monoisotopic (exact) mass is 433 g/mol. The molecule has 0 aromatic heterocycles. The van der Waals surface area contributed by atoms with Gasteiger partial charge in [-0.2, -0.15) is 0 Å². The Bertz CT molecular complexity index is 969. The van der Waals surface area contributed by atoms with Crippen LogP contribution in [0.15, 0.2) is 48.5 Å². The van der Waals surface area contributed by atoms with Gasteiger partial charge in [0.25, 0.3) is 5.91 Å². The van der Waals surface area contributed by atoms with Crippen molar-refractivity contribution in [3.05, 3.63) is 64.9 Å². The summed E-state index contributed by atoms with van der Waals surface area (Å²) in [6.45, 7) is 1.54. The Labute approximate surface area is 178 Å². The Kier molecular flexibility index (Phi) is 6.26. The number of nitrogens with one attached hydrogen (secondary N) is 1. The minimum atomic E-state index is -1.36. The van der Waals surface area contributed by atoms with E-state index in [0.29, 0.717) is 16.3 Å². The molecule has 0 bridgehead atoms. The Morgan fingerprint density at radius 2 is 1.87 bits per heavy atom. The highest BCUT2D eigenvalue weighted by Gasteiger charge is 2.49. The number of hydrogen-bond acceptors (Lipinski definition) is 4. The van der Waals surface area contributed by atoms with Crippen LogP contribution in [-0.2, 0) is 15.1 Å². The van der Waals surface area contributed by atoms with Crippen LogP contribution in [-0.4, -0.2) is 54.4 Å². The fourth-order valence-corrected chi connectivity index (χ4v) is 3.24. The molecule has 1 N–H and O–H groups in total. The average molecular weight is 434 g/mol. The number of likely N-dealkylation sites (N-methyl/N-ethyl adjacent to an activating group) is 1. The summed E-state index contributed by atoms with van der Waals surface area (Å²) in [5.74, 6) is -0.950. The molecule has 1 unspecified atom stereocenters. The van der Waals surface area contributed by atoms with E-state index in [1.807, 2.05) is 0 Å². The molecule has 9 heteroatoms. The molecule has 1 atom stereocenters. The summed E-state index contributed by atoms with van der Waals surface area (Å²) >= 11 is 6.02. The van der Waals surface area contributed by atoms with Crippen LogP contribution in [0, 0.1) is 5.82 Å². The lowest BCUT2D eigenvalue weighted by molar-refractivity contribution is -0.138. The third-order valence-corrected chi connectivity index (χ3v) is 5.25. The molecule has 1 saturated heterocycles. The van der Waals surface area contributed by atoms with Crippen molar-refractivity contribution in [1.82, 2.24) is 15.1 Å². The second-order valence-corrected chi connectivity index (χ2v) is 7.45. The molecule has 0 saturated carbocycles. The van der Waals surface area contributed by atoms with Gasteiger partial charge >= 0.3 is 6.03 Å². The Balaban J connectivity index is 1.59. The van der Waals surface area contributed by atoms with E-state index in [-0.39, 0.29) is 13.2 Å². The molecule has 1 aliphatic heterocycles. The van der Waals surface area contributed by atoms with Crippen LogP contribution in [0.25, 0.3) is 0 Å². The Morgan fingerprint density at radius 3 is 2.53 bits per heavy atom. The predicted molar refractivity (Wildman–Crippen MR) is 109 cm³/mol. The molecule has 158 valence electrons. The summed E-state index contributed by atoms with van der Waals surface area (Å²) in [5.41, 5.74) is -0.935. The molecule has 4 amide bonds. The highest BCUT2D eigenvalue weighted by atomic mass is 35.5. The highest BCUT2D eigenvalue weighted by molar-refractivity contribution is 6.32. The van der Waals surface area contributed by atoms with Gasteiger partial charge in [-0.05, 0) is 36.8 Å². The van der Waals surface area contributed by atoms with E-state index in [4.69, 9.17) is 16.3 Å². The average Bonchev–Trinajstić information content (AvgIpc) is 2.93. The third kappa shape index (κ3) is 4.38. The number of urea groups is 1. The van der Waals surface area contributed by atoms with Gasteiger partial charge in [-0.15, -0.1) is 0 Å². The molecule has 30 heavy (non-hydrogen) atoms. The van der Waals surface area contributed by atoms with Crippen molar-refractivity contribution in [2.75, 3.05) is 26.7 Å². The molecule has 2 aromatic rings. The van der Waals surface area contributed by atoms with E-state index in [9.17, 15) is 18.8 Å². The number of nitrogens with zero attached hydrogens (tertiary/aromatic N) is 2. The van der Waals surface area contributed by atoms with E-state index in [2.05, 4.69) is 5.32 Å². The SMILES string of the molecule is CN(CCOc1ccccc1Cl)C(=O)CN1C(=O)NC(C)(c2ccc(F)cc2)C1=O. The van der Waals surface area contributed by atoms with E-state index in [1.54, 1.807) is 31.3 Å². The lowest BCUT2D eigenvalue weighted by atomic mass is 9.92. The number of imide groups is 1. The molecule has 1 heterocycles. The predicted octanol–water partition coefficient (Wildman–Crippen LogP) is 2.78. The van der Waals surface area contributed by atoms with Gasteiger partial charge < -0.3 is 15.0 Å². The van der Waals surface area contributed by atoms with Gasteiger partial charge in [-0.3, -0.25) is 14.5 Å². The van der Waals surface area contributed by atoms with Crippen molar-refractivity contribution in [3.63, 3.8) is 0 Å². The van der Waals surface area contributed by atoms with Gasteiger partial charge in [0.1, 0.15) is 30.3 Å².